The molecule has 0 bridgehead atoms. The number of aromatic nitrogens is 4. The van der Waals surface area contributed by atoms with Crippen LogP contribution in [0.15, 0.2) is 43.0 Å². The molecule has 0 aliphatic heterocycles. The molecule has 3 aromatic rings. The summed E-state index contributed by atoms with van der Waals surface area (Å²) in [5, 5.41) is 19.7. The fraction of sp³-hybridized carbons (Fsp3) is 0.263. The maximum Gasteiger partial charge on any atom is 0.338 e. The Morgan fingerprint density at radius 1 is 1.14 bits per heavy atom. The van der Waals surface area contributed by atoms with E-state index in [2.05, 4.69) is 15.5 Å². The smallest absolute Gasteiger partial charge is 0.338 e. The van der Waals surface area contributed by atoms with Gasteiger partial charge in [-0.2, -0.15) is 10.2 Å². The number of benzene rings is 1. The van der Waals surface area contributed by atoms with Crippen molar-refractivity contribution >= 4 is 17.6 Å². The molecular weight excluding hydrogens is 362 g/mol. The van der Waals surface area contributed by atoms with E-state index in [1.807, 2.05) is 32.0 Å². The number of nitrogens with one attached hydrogen (secondary N) is 1. The van der Waals surface area contributed by atoms with Gasteiger partial charge in [0.05, 0.1) is 29.8 Å². The summed E-state index contributed by atoms with van der Waals surface area (Å²) in [6.45, 7) is 4.51. The summed E-state index contributed by atoms with van der Waals surface area (Å²) in [5.74, 6) is -0.486. The van der Waals surface area contributed by atoms with E-state index in [4.69, 9.17) is 9.84 Å². The maximum atomic E-state index is 12.1. The van der Waals surface area contributed by atoms with Gasteiger partial charge in [-0.3, -0.25) is 9.48 Å². The number of carbonyl (C=O) groups is 2. The third kappa shape index (κ3) is 4.97. The number of anilines is 1. The van der Waals surface area contributed by atoms with Gasteiger partial charge in [-0.25, -0.2) is 9.48 Å². The molecule has 2 heterocycles. The first-order valence-electron chi connectivity index (χ1n) is 8.69. The van der Waals surface area contributed by atoms with Crippen molar-refractivity contribution in [2.75, 3.05) is 5.32 Å². The molecule has 3 rings (SSSR count). The fourth-order valence-electron chi connectivity index (χ4n) is 2.63. The van der Waals surface area contributed by atoms with E-state index in [1.165, 1.54) is 22.6 Å². The van der Waals surface area contributed by atoms with Gasteiger partial charge in [-0.1, -0.05) is 17.7 Å². The van der Waals surface area contributed by atoms with Crippen LogP contribution < -0.4 is 10.1 Å². The molecule has 0 atom stereocenters. The van der Waals surface area contributed by atoms with Crippen molar-refractivity contribution in [3.05, 3.63) is 59.7 Å². The Kier molecular flexibility index (Phi) is 5.73. The average Bonchev–Trinajstić information content (AvgIpc) is 3.29. The van der Waals surface area contributed by atoms with Gasteiger partial charge < -0.3 is 15.2 Å². The second-order valence-electron chi connectivity index (χ2n) is 6.41. The van der Waals surface area contributed by atoms with Crippen molar-refractivity contribution in [3.8, 4) is 5.75 Å². The first kappa shape index (κ1) is 19.2. The third-order valence-electron chi connectivity index (χ3n) is 4.05. The second kappa shape index (κ2) is 8.38. The molecule has 0 radical (unpaired) electrons. The standard InChI is InChI=1S/C19H21N5O4/c1-13-3-4-17(14(2)7-13)28-12-24-11-16(9-21-24)22-18(25)5-6-23-10-15(8-20-23)19(26)27/h3-4,7-11H,5-6,12H2,1-2H3,(H,22,25)(H,26,27). The average molecular weight is 383 g/mol. The normalized spacial score (nSPS) is 10.6. The van der Waals surface area contributed by atoms with Crippen LogP contribution in [-0.2, 0) is 18.1 Å². The molecule has 1 amide bonds. The topological polar surface area (TPSA) is 111 Å². The van der Waals surface area contributed by atoms with Gasteiger partial charge in [-0.15, -0.1) is 0 Å². The fourth-order valence-corrected chi connectivity index (χ4v) is 2.63. The van der Waals surface area contributed by atoms with E-state index >= 15 is 0 Å². The highest BCUT2D eigenvalue weighted by Gasteiger charge is 2.09. The number of aromatic carboxylic acids is 1. The molecule has 146 valence electrons. The molecule has 2 N–H and O–H groups in total. The van der Waals surface area contributed by atoms with Crippen LogP contribution in [0.2, 0.25) is 0 Å². The Bertz CT molecular complexity index is 992. The summed E-state index contributed by atoms with van der Waals surface area (Å²) in [6.07, 6.45) is 6.01. The molecule has 2 aromatic heterocycles. The number of carboxylic acids is 1. The Morgan fingerprint density at radius 3 is 2.64 bits per heavy atom. The third-order valence-corrected chi connectivity index (χ3v) is 4.05. The Morgan fingerprint density at radius 2 is 1.93 bits per heavy atom. The van der Waals surface area contributed by atoms with Gasteiger partial charge in [0, 0.05) is 19.2 Å². The summed E-state index contributed by atoms with van der Waals surface area (Å²) in [6, 6.07) is 5.95. The minimum absolute atomic E-state index is 0.0884. The van der Waals surface area contributed by atoms with Crippen molar-refractivity contribution in [3.63, 3.8) is 0 Å². The van der Waals surface area contributed by atoms with Gasteiger partial charge >= 0.3 is 5.97 Å². The number of hydrogen-bond donors (Lipinski definition) is 2. The minimum Gasteiger partial charge on any atom is -0.478 e. The molecule has 0 aliphatic carbocycles. The quantitative estimate of drug-likeness (QED) is 0.618. The lowest BCUT2D eigenvalue weighted by atomic mass is 10.1. The van der Waals surface area contributed by atoms with Crippen molar-refractivity contribution in [2.45, 2.75) is 33.5 Å². The summed E-state index contributed by atoms with van der Waals surface area (Å²) < 4.78 is 8.76. The van der Waals surface area contributed by atoms with Crippen LogP contribution in [0.4, 0.5) is 5.69 Å². The summed E-state index contributed by atoms with van der Waals surface area (Å²) >= 11 is 0. The number of rotatable bonds is 8. The van der Waals surface area contributed by atoms with Crippen LogP contribution in [0.1, 0.15) is 27.9 Å². The molecule has 0 unspecified atom stereocenters. The zero-order valence-electron chi connectivity index (χ0n) is 15.6. The predicted octanol–water partition coefficient (Wildman–Crippen LogP) is 2.46. The number of aryl methyl sites for hydroxylation is 3. The Labute approximate surface area is 161 Å². The lowest BCUT2D eigenvalue weighted by Gasteiger charge is -2.09. The maximum absolute atomic E-state index is 12.1. The van der Waals surface area contributed by atoms with Gasteiger partial charge in [0.2, 0.25) is 5.91 Å². The number of amides is 1. The lowest BCUT2D eigenvalue weighted by Crippen LogP contribution is -2.14. The summed E-state index contributed by atoms with van der Waals surface area (Å²) in [4.78, 5) is 22.9. The molecule has 0 spiro atoms. The number of carboxylic acid groups (broad SMARTS) is 1. The highest BCUT2D eigenvalue weighted by atomic mass is 16.5. The zero-order valence-corrected chi connectivity index (χ0v) is 15.6. The Hall–Kier alpha value is -3.62. The van der Waals surface area contributed by atoms with E-state index in [0.29, 0.717) is 5.69 Å². The molecule has 9 heteroatoms. The van der Waals surface area contributed by atoms with Crippen molar-refractivity contribution < 1.29 is 19.4 Å². The van der Waals surface area contributed by atoms with Gasteiger partial charge in [-0.05, 0) is 25.5 Å². The van der Waals surface area contributed by atoms with E-state index in [-0.39, 0.29) is 31.2 Å². The Balaban J connectivity index is 1.48. The molecule has 28 heavy (non-hydrogen) atoms. The van der Waals surface area contributed by atoms with Crippen LogP contribution in [0.3, 0.4) is 0 Å². The van der Waals surface area contributed by atoms with Crippen LogP contribution in [0.5, 0.6) is 5.75 Å². The number of nitrogens with zero attached hydrogens (tertiary/aromatic N) is 4. The van der Waals surface area contributed by atoms with Gasteiger partial charge in [0.1, 0.15) is 5.75 Å². The highest BCUT2D eigenvalue weighted by molar-refractivity contribution is 5.90. The van der Waals surface area contributed by atoms with E-state index in [9.17, 15) is 9.59 Å². The van der Waals surface area contributed by atoms with Crippen molar-refractivity contribution in [2.24, 2.45) is 0 Å². The summed E-state index contributed by atoms with van der Waals surface area (Å²) in [5.41, 5.74) is 2.86. The van der Waals surface area contributed by atoms with Crippen LogP contribution >= 0.6 is 0 Å². The predicted molar refractivity (Wildman–Crippen MR) is 101 cm³/mol. The molecule has 1 aromatic carbocycles. The van der Waals surface area contributed by atoms with E-state index in [0.717, 1.165) is 11.3 Å². The van der Waals surface area contributed by atoms with Crippen LogP contribution in [0.25, 0.3) is 0 Å². The minimum atomic E-state index is -1.05. The monoisotopic (exact) mass is 383 g/mol. The summed E-state index contributed by atoms with van der Waals surface area (Å²) in [7, 11) is 0. The molecule has 0 saturated carbocycles. The zero-order chi connectivity index (χ0) is 20.1. The first-order valence-corrected chi connectivity index (χ1v) is 8.69. The molecule has 0 aliphatic rings. The molecule has 9 nitrogen and oxygen atoms in total. The van der Waals surface area contributed by atoms with Gasteiger partial charge in [0.25, 0.3) is 0 Å². The number of hydrogen-bond acceptors (Lipinski definition) is 5. The number of ether oxygens (including phenoxy) is 1. The SMILES string of the molecule is Cc1ccc(OCn2cc(NC(=O)CCn3cc(C(=O)O)cn3)cn2)c(C)c1. The largest absolute Gasteiger partial charge is 0.478 e. The lowest BCUT2D eigenvalue weighted by molar-refractivity contribution is -0.116. The molecular formula is C19H21N5O4. The second-order valence-corrected chi connectivity index (χ2v) is 6.41. The first-order chi connectivity index (χ1) is 13.4. The number of carbonyl (C=O) groups excluding carboxylic acids is 1. The molecule has 0 saturated heterocycles. The highest BCUT2D eigenvalue weighted by Crippen LogP contribution is 2.19. The van der Waals surface area contributed by atoms with Crippen molar-refractivity contribution in [1.82, 2.24) is 19.6 Å². The van der Waals surface area contributed by atoms with Gasteiger partial charge in [0.15, 0.2) is 6.73 Å². The van der Waals surface area contributed by atoms with E-state index < -0.39 is 5.97 Å². The molecule has 0 fully saturated rings. The van der Waals surface area contributed by atoms with E-state index in [1.54, 1.807) is 17.1 Å². The van der Waals surface area contributed by atoms with Crippen LogP contribution in [-0.4, -0.2) is 36.5 Å². The van der Waals surface area contributed by atoms with Crippen molar-refractivity contribution in [1.29, 1.82) is 0 Å². The van der Waals surface area contributed by atoms with Crippen LogP contribution in [0, 0.1) is 13.8 Å².